The Morgan fingerprint density at radius 2 is 2.05 bits per heavy atom. The van der Waals surface area contributed by atoms with Crippen molar-refractivity contribution in [2.45, 2.75) is 45.1 Å². The maximum atomic E-state index is 12.6. The molecule has 0 aliphatic carbocycles. The zero-order valence-electron chi connectivity index (χ0n) is 12.2. The molecular formula is C14H23N3OS. The van der Waals surface area contributed by atoms with Gasteiger partial charge in [-0.15, -0.1) is 11.3 Å². The summed E-state index contributed by atoms with van der Waals surface area (Å²) in [5, 5.41) is 3.29. The molecule has 2 heterocycles. The van der Waals surface area contributed by atoms with Gasteiger partial charge >= 0.3 is 0 Å². The highest BCUT2D eigenvalue weighted by atomic mass is 32.1. The fraction of sp³-hybridized carbons (Fsp3) is 0.714. The van der Waals surface area contributed by atoms with Gasteiger partial charge in [-0.3, -0.25) is 4.79 Å². The van der Waals surface area contributed by atoms with E-state index in [0.717, 1.165) is 36.5 Å². The summed E-state index contributed by atoms with van der Waals surface area (Å²) in [6, 6.07) is 0.549. The van der Waals surface area contributed by atoms with E-state index in [2.05, 4.69) is 31.1 Å². The standard InChI is InChI=1S/C14H23N3OS/c1-14(2,3)12-11(19-9-16-12)13(18)17-7-5-10(15-4)6-8-17/h9-10,15H,5-8H2,1-4H3. The first-order valence-corrected chi connectivity index (χ1v) is 7.72. The Kier molecular flexibility index (Phi) is 4.26. The van der Waals surface area contributed by atoms with Crippen LogP contribution < -0.4 is 5.32 Å². The maximum Gasteiger partial charge on any atom is 0.265 e. The van der Waals surface area contributed by atoms with Gasteiger partial charge in [0.2, 0.25) is 0 Å². The molecule has 0 aromatic carbocycles. The Labute approximate surface area is 119 Å². The lowest BCUT2D eigenvalue weighted by atomic mass is 9.91. The van der Waals surface area contributed by atoms with Crippen molar-refractivity contribution in [3.05, 3.63) is 16.1 Å². The monoisotopic (exact) mass is 281 g/mol. The highest BCUT2D eigenvalue weighted by Gasteiger charge is 2.29. The lowest BCUT2D eigenvalue weighted by Crippen LogP contribution is -2.44. The Hall–Kier alpha value is -0.940. The van der Waals surface area contributed by atoms with Crippen LogP contribution >= 0.6 is 11.3 Å². The molecule has 1 N–H and O–H groups in total. The summed E-state index contributed by atoms with van der Waals surface area (Å²) in [6.45, 7) is 7.99. The van der Waals surface area contributed by atoms with Crippen molar-refractivity contribution >= 4 is 17.2 Å². The molecule has 0 unspecified atom stereocenters. The molecule has 1 aliphatic rings. The average molecular weight is 281 g/mol. The maximum absolute atomic E-state index is 12.6. The highest BCUT2D eigenvalue weighted by Crippen LogP contribution is 2.28. The minimum atomic E-state index is -0.0751. The second-order valence-corrected chi connectivity index (χ2v) is 6.99. The van der Waals surface area contributed by atoms with Crippen molar-refractivity contribution in [2.24, 2.45) is 0 Å². The predicted octanol–water partition coefficient (Wildman–Crippen LogP) is 2.26. The molecule has 0 bridgehead atoms. The molecule has 1 saturated heterocycles. The number of nitrogens with zero attached hydrogens (tertiary/aromatic N) is 2. The summed E-state index contributed by atoms with van der Waals surface area (Å²) in [5.41, 5.74) is 2.64. The van der Waals surface area contributed by atoms with E-state index in [1.807, 2.05) is 11.9 Å². The number of amides is 1. The molecule has 5 heteroatoms. The molecule has 0 saturated carbocycles. The molecule has 4 nitrogen and oxygen atoms in total. The van der Waals surface area contributed by atoms with Gasteiger partial charge in [0.25, 0.3) is 5.91 Å². The molecule has 0 spiro atoms. The van der Waals surface area contributed by atoms with Crippen LogP contribution in [0.5, 0.6) is 0 Å². The third kappa shape index (κ3) is 3.15. The number of hydrogen-bond acceptors (Lipinski definition) is 4. The summed E-state index contributed by atoms with van der Waals surface area (Å²) in [4.78, 5) is 19.8. The average Bonchev–Trinajstić information content (AvgIpc) is 2.87. The topological polar surface area (TPSA) is 45.2 Å². The first-order chi connectivity index (χ1) is 8.93. The van der Waals surface area contributed by atoms with Crippen LogP contribution in [0.3, 0.4) is 0 Å². The van der Waals surface area contributed by atoms with E-state index in [0.29, 0.717) is 6.04 Å². The first kappa shape index (κ1) is 14.5. The second kappa shape index (κ2) is 5.59. The summed E-state index contributed by atoms with van der Waals surface area (Å²) in [5.74, 6) is 0.155. The van der Waals surface area contributed by atoms with Gasteiger partial charge in [-0.2, -0.15) is 0 Å². The zero-order valence-corrected chi connectivity index (χ0v) is 13.0. The van der Waals surface area contributed by atoms with E-state index >= 15 is 0 Å². The normalized spacial score (nSPS) is 17.8. The van der Waals surface area contributed by atoms with Gasteiger partial charge in [-0.25, -0.2) is 4.98 Å². The van der Waals surface area contributed by atoms with Gasteiger partial charge < -0.3 is 10.2 Å². The minimum absolute atomic E-state index is 0.0751. The molecule has 1 amide bonds. The predicted molar refractivity (Wildman–Crippen MR) is 78.8 cm³/mol. The smallest absolute Gasteiger partial charge is 0.265 e. The van der Waals surface area contributed by atoms with Crippen LogP contribution in [0.1, 0.15) is 49.0 Å². The van der Waals surface area contributed by atoms with Gasteiger partial charge in [0.15, 0.2) is 0 Å². The number of thiazole rings is 1. The number of carbonyl (C=O) groups is 1. The molecule has 0 radical (unpaired) electrons. The third-order valence-electron chi connectivity index (χ3n) is 3.66. The van der Waals surface area contributed by atoms with Crippen LogP contribution in [-0.4, -0.2) is 42.0 Å². The van der Waals surface area contributed by atoms with Crippen LogP contribution in [0.4, 0.5) is 0 Å². The van der Waals surface area contributed by atoms with Crippen LogP contribution in [0.2, 0.25) is 0 Å². The summed E-state index contributed by atoms with van der Waals surface area (Å²) < 4.78 is 0. The van der Waals surface area contributed by atoms with Gasteiger partial charge in [0, 0.05) is 24.5 Å². The molecule has 1 fully saturated rings. The molecule has 2 rings (SSSR count). The van der Waals surface area contributed by atoms with E-state index in [9.17, 15) is 4.79 Å². The van der Waals surface area contributed by atoms with E-state index in [1.165, 1.54) is 11.3 Å². The highest BCUT2D eigenvalue weighted by molar-refractivity contribution is 7.11. The third-order valence-corrected chi connectivity index (χ3v) is 4.48. The lowest BCUT2D eigenvalue weighted by molar-refractivity contribution is 0.0709. The van der Waals surface area contributed by atoms with Gasteiger partial charge in [-0.1, -0.05) is 20.8 Å². The molecular weight excluding hydrogens is 258 g/mol. The van der Waals surface area contributed by atoms with Crippen LogP contribution in [0.15, 0.2) is 5.51 Å². The number of piperidine rings is 1. The van der Waals surface area contributed by atoms with E-state index in [1.54, 1.807) is 5.51 Å². The number of rotatable bonds is 2. The Bertz CT molecular complexity index is 442. The fourth-order valence-corrected chi connectivity index (χ4v) is 3.41. The Balaban J connectivity index is 2.11. The summed E-state index contributed by atoms with van der Waals surface area (Å²) in [6.07, 6.45) is 2.07. The SMILES string of the molecule is CNC1CCN(C(=O)c2scnc2C(C)(C)C)CC1. The van der Waals surface area contributed by atoms with Crippen molar-refractivity contribution < 1.29 is 4.79 Å². The van der Waals surface area contributed by atoms with Crippen molar-refractivity contribution in [1.29, 1.82) is 0 Å². The van der Waals surface area contributed by atoms with Crippen LogP contribution in [0.25, 0.3) is 0 Å². The molecule has 106 valence electrons. The lowest BCUT2D eigenvalue weighted by Gasteiger charge is -2.32. The van der Waals surface area contributed by atoms with Crippen LogP contribution in [0, 0.1) is 0 Å². The fourth-order valence-electron chi connectivity index (χ4n) is 2.45. The number of likely N-dealkylation sites (tertiary alicyclic amines) is 1. The first-order valence-electron chi connectivity index (χ1n) is 6.84. The Morgan fingerprint density at radius 3 is 2.58 bits per heavy atom. The molecule has 1 aromatic rings. The van der Waals surface area contributed by atoms with Crippen LogP contribution in [-0.2, 0) is 5.41 Å². The number of aromatic nitrogens is 1. The van der Waals surface area contributed by atoms with Gasteiger partial charge in [0.05, 0.1) is 11.2 Å². The molecule has 1 aromatic heterocycles. The number of nitrogens with one attached hydrogen (secondary N) is 1. The second-order valence-electron chi connectivity index (χ2n) is 6.14. The van der Waals surface area contributed by atoms with Crippen molar-refractivity contribution in [3.8, 4) is 0 Å². The molecule has 19 heavy (non-hydrogen) atoms. The van der Waals surface area contributed by atoms with Crippen molar-refractivity contribution in [2.75, 3.05) is 20.1 Å². The zero-order chi connectivity index (χ0) is 14.0. The largest absolute Gasteiger partial charge is 0.338 e. The van der Waals surface area contributed by atoms with Gasteiger partial charge in [0.1, 0.15) is 4.88 Å². The summed E-state index contributed by atoms with van der Waals surface area (Å²) in [7, 11) is 1.99. The quantitative estimate of drug-likeness (QED) is 0.904. The minimum Gasteiger partial charge on any atom is -0.338 e. The van der Waals surface area contributed by atoms with Crippen molar-refractivity contribution in [3.63, 3.8) is 0 Å². The van der Waals surface area contributed by atoms with E-state index < -0.39 is 0 Å². The van der Waals surface area contributed by atoms with Crippen molar-refractivity contribution in [1.82, 2.24) is 15.2 Å². The summed E-state index contributed by atoms with van der Waals surface area (Å²) >= 11 is 1.47. The number of carbonyl (C=O) groups excluding carboxylic acids is 1. The molecule has 0 atom stereocenters. The van der Waals surface area contributed by atoms with E-state index in [-0.39, 0.29) is 11.3 Å². The molecule has 1 aliphatic heterocycles. The number of hydrogen-bond donors (Lipinski definition) is 1. The van der Waals surface area contributed by atoms with E-state index in [4.69, 9.17) is 0 Å². The van der Waals surface area contributed by atoms with Gasteiger partial charge in [-0.05, 0) is 19.9 Å². The Morgan fingerprint density at radius 1 is 1.42 bits per heavy atom.